The maximum Gasteiger partial charge on any atom is 0.0514 e. The summed E-state index contributed by atoms with van der Waals surface area (Å²) in [7, 11) is 0. The van der Waals surface area contributed by atoms with Crippen LogP contribution in [0, 0.1) is 0 Å². The van der Waals surface area contributed by atoms with Gasteiger partial charge in [-0.3, -0.25) is 0 Å². The van der Waals surface area contributed by atoms with Gasteiger partial charge in [0.25, 0.3) is 0 Å². The minimum absolute atomic E-state index is 0.802. The van der Waals surface area contributed by atoms with Crippen molar-refractivity contribution in [1.29, 1.82) is 0 Å². The third-order valence-corrected chi connectivity index (χ3v) is 3.50. The molecule has 2 aromatic rings. The lowest BCUT2D eigenvalue weighted by Gasteiger charge is -2.07. The second-order valence-corrected chi connectivity index (χ2v) is 4.71. The summed E-state index contributed by atoms with van der Waals surface area (Å²) < 4.78 is 0. The molecule has 0 amide bonds. The minimum Gasteiger partial charge on any atom is -0.398 e. The van der Waals surface area contributed by atoms with Gasteiger partial charge in [-0.05, 0) is 35.6 Å². The summed E-state index contributed by atoms with van der Waals surface area (Å²) >= 11 is 1.69. The number of nitrogen functional groups attached to an aromatic ring is 1. The number of aryl methyl sites for hydroxylation is 1. The molecule has 0 aliphatic carbocycles. The van der Waals surface area contributed by atoms with Crippen LogP contribution in [0.3, 0.4) is 0 Å². The highest BCUT2D eigenvalue weighted by atomic mass is 32.1. The molecule has 0 aliphatic rings. The highest BCUT2D eigenvalue weighted by molar-refractivity contribution is 7.10. The van der Waals surface area contributed by atoms with E-state index in [9.17, 15) is 0 Å². The summed E-state index contributed by atoms with van der Waals surface area (Å²) in [6.07, 6.45) is 1.07. The van der Waals surface area contributed by atoms with Gasteiger partial charge in [-0.15, -0.1) is 11.3 Å². The zero-order chi connectivity index (χ0) is 11.4. The predicted octanol–water partition coefficient (Wildman–Crippen LogP) is 3.50. The maximum atomic E-state index is 5.83. The van der Waals surface area contributed by atoms with Crippen molar-refractivity contribution in [3.8, 4) is 0 Å². The Balaban J connectivity index is 2.02. The van der Waals surface area contributed by atoms with E-state index in [-0.39, 0.29) is 0 Å². The predicted molar refractivity (Wildman–Crippen MR) is 71.9 cm³/mol. The quantitative estimate of drug-likeness (QED) is 0.846. The van der Waals surface area contributed by atoms with E-state index in [4.69, 9.17) is 5.73 Å². The highest BCUT2D eigenvalue weighted by Crippen LogP contribution is 2.20. The third-order valence-electron chi connectivity index (χ3n) is 2.57. The molecule has 2 nitrogen and oxygen atoms in total. The van der Waals surface area contributed by atoms with Crippen LogP contribution >= 0.6 is 11.3 Å². The van der Waals surface area contributed by atoms with Crippen LogP contribution in [0.2, 0.25) is 0 Å². The lowest BCUT2D eigenvalue weighted by atomic mass is 10.1. The fraction of sp³-hybridized carbons (Fsp3) is 0.231. The van der Waals surface area contributed by atoms with Crippen LogP contribution in [-0.2, 0) is 13.0 Å². The Labute approximate surface area is 100 Å². The van der Waals surface area contributed by atoms with Gasteiger partial charge in [-0.25, -0.2) is 0 Å². The second-order valence-electron chi connectivity index (χ2n) is 3.71. The van der Waals surface area contributed by atoms with E-state index in [0.717, 1.165) is 24.3 Å². The molecule has 0 saturated carbocycles. The molecule has 84 valence electrons. The monoisotopic (exact) mass is 232 g/mol. The first-order valence-corrected chi connectivity index (χ1v) is 6.32. The van der Waals surface area contributed by atoms with E-state index < -0.39 is 0 Å². The zero-order valence-corrected chi connectivity index (χ0v) is 10.2. The van der Waals surface area contributed by atoms with Crippen LogP contribution in [0.1, 0.15) is 17.4 Å². The molecule has 0 bridgehead atoms. The lowest BCUT2D eigenvalue weighted by molar-refractivity contribution is 1.13. The van der Waals surface area contributed by atoms with E-state index in [1.165, 1.54) is 10.4 Å². The first kappa shape index (κ1) is 11.0. The normalized spacial score (nSPS) is 10.3. The number of thiophene rings is 1. The summed E-state index contributed by atoms with van der Waals surface area (Å²) in [6, 6.07) is 10.4. The Morgan fingerprint density at radius 1 is 1.31 bits per heavy atom. The van der Waals surface area contributed by atoms with Crippen molar-refractivity contribution in [2.24, 2.45) is 0 Å². The van der Waals surface area contributed by atoms with Gasteiger partial charge in [-0.1, -0.05) is 19.1 Å². The van der Waals surface area contributed by atoms with E-state index >= 15 is 0 Å². The minimum atomic E-state index is 0.802. The van der Waals surface area contributed by atoms with Gasteiger partial charge in [0, 0.05) is 16.3 Å². The number of benzene rings is 1. The van der Waals surface area contributed by atoms with Gasteiger partial charge < -0.3 is 11.1 Å². The van der Waals surface area contributed by atoms with E-state index in [1.807, 2.05) is 11.4 Å². The van der Waals surface area contributed by atoms with E-state index in [0.29, 0.717) is 0 Å². The molecule has 1 aromatic carbocycles. The van der Waals surface area contributed by atoms with Crippen molar-refractivity contribution in [2.75, 3.05) is 11.1 Å². The Bertz CT molecular complexity index is 462. The Morgan fingerprint density at radius 2 is 2.19 bits per heavy atom. The van der Waals surface area contributed by atoms with Gasteiger partial charge in [0.1, 0.15) is 0 Å². The summed E-state index contributed by atoms with van der Waals surface area (Å²) in [6.45, 7) is 2.97. The molecule has 0 fully saturated rings. The van der Waals surface area contributed by atoms with Crippen molar-refractivity contribution < 1.29 is 0 Å². The molecular weight excluding hydrogens is 216 g/mol. The van der Waals surface area contributed by atoms with Crippen LogP contribution in [-0.4, -0.2) is 0 Å². The SMILES string of the molecule is CCc1cccc(NCc2sccc2N)c1. The first-order valence-electron chi connectivity index (χ1n) is 5.44. The van der Waals surface area contributed by atoms with Crippen molar-refractivity contribution in [2.45, 2.75) is 19.9 Å². The second kappa shape index (κ2) is 5.03. The zero-order valence-electron chi connectivity index (χ0n) is 9.36. The molecule has 3 N–H and O–H groups in total. The molecule has 0 radical (unpaired) electrons. The molecule has 16 heavy (non-hydrogen) atoms. The summed E-state index contributed by atoms with van der Waals surface area (Å²) in [5, 5.41) is 5.42. The molecule has 0 aliphatic heterocycles. The number of nitrogens with two attached hydrogens (primary N) is 1. The summed E-state index contributed by atoms with van der Waals surface area (Å²) in [5.74, 6) is 0. The molecule has 3 heteroatoms. The summed E-state index contributed by atoms with van der Waals surface area (Å²) in [5.41, 5.74) is 9.22. The van der Waals surface area contributed by atoms with Gasteiger partial charge in [-0.2, -0.15) is 0 Å². The largest absolute Gasteiger partial charge is 0.398 e. The van der Waals surface area contributed by atoms with Gasteiger partial charge in [0.2, 0.25) is 0 Å². The van der Waals surface area contributed by atoms with E-state index in [1.54, 1.807) is 11.3 Å². The number of hydrogen-bond donors (Lipinski definition) is 2. The van der Waals surface area contributed by atoms with E-state index in [2.05, 4.69) is 36.5 Å². The third kappa shape index (κ3) is 2.55. The lowest BCUT2D eigenvalue weighted by Crippen LogP contribution is -2.00. The molecular formula is C13H16N2S. The molecule has 0 saturated heterocycles. The van der Waals surface area contributed by atoms with Gasteiger partial charge >= 0.3 is 0 Å². The van der Waals surface area contributed by atoms with Gasteiger partial charge in [0.15, 0.2) is 0 Å². The van der Waals surface area contributed by atoms with Crippen molar-refractivity contribution in [3.05, 3.63) is 46.2 Å². The van der Waals surface area contributed by atoms with Crippen LogP contribution in [0.25, 0.3) is 0 Å². The Morgan fingerprint density at radius 3 is 2.88 bits per heavy atom. The number of rotatable bonds is 4. The van der Waals surface area contributed by atoms with Crippen LogP contribution in [0.5, 0.6) is 0 Å². The van der Waals surface area contributed by atoms with Crippen molar-refractivity contribution in [1.82, 2.24) is 0 Å². The number of hydrogen-bond acceptors (Lipinski definition) is 3. The maximum absolute atomic E-state index is 5.83. The van der Waals surface area contributed by atoms with Crippen molar-refractivity contribution in [3.63, 3.8) is 0 Å². The van der Waals surface area contributed by atoms with Crippen molar-refractivity contribution >= 4 is 22.7 Å². The molecule has 1 aromatic heterocycles. The van der Waals surface area contributed by atoms with Gasteiger partial charge in [0.05, 0.1) is 6.54 Å². The van der Waals surface area contributed by atoms with Crippen LogP contribution in [0.4, 0.5) is 11.4 Å². The fourth-order valence-electron chi connectivity index (χ4n) is 1.58. The summed E-state index contributed by atoms with van der Waals surface area (Å²) in [4.78, 5) is 1.20. The standard InChI is InChI=1S/C13H16N2S/c1-2-10-4-3-5-11(8-10)15-9-13-12(14)6-7-16-13/h3-8,15H,2,9,14H2,1H3. The fourth-order valence-corrected chi connectivity index (χ4v) is 2.32. The average molecular weight is 232 g/mol. The number of anilines is 2. The molecule has 0 unspecified atom stereocenters. The molecule has 0 atom stereocenters. The molecule has 2 rings (SSSR count). The average Bonchev–Trinajstić information content (AvgIpc) is 2.72. The highest BCUT2D eigenvalue weighted by Gasteiger charge is 2.00. The van der Waals surface area contributed by atoms with Crippen LogP contribution < -0.4 is 11.1 Å². The molecule has 0 spiro atoms. The topological polar surface area (TPSA) is 38.0 Å². The Kier molecular flexibility index (Phi) is 3.47. The first-order chi connectivity index (χ1) is 7.79. The Hall–Kier alpha value is -1.48. The number of nitrogens with one attached hydrogen (secondary N) is 1. The smallest absolute Gasteiger partial charge is 0.0514 e. The van der Waals surface area contributed by atoms with Crippen LogP contribution in [0.15, 0.2) is 35.7 Å². The molecule has 1 heterocycles.